The van der Waals surface area contributed by atoms with E-state index < -0.39 is 0 Å². The minimum atomic E-state index is 0.178. The van der Waals surface area contributed by atoms with Crippen LogP contribution in [0.3, 0.4) is 0 Å². The summed E-state index contributed by atoms with van der Waals surface area (Å²) < 4.78 is 2.15. The van der Waals surface area contributed by atoms with Crippen molar-refractivity contribution in [3.63, 3.8) is 0 Å². The lowest BCUT2D eigenvalue weighted by Crippen LogP contribution is -2.38. The molecule has 0 bridgehead atoms. The van der Waals surface area contributed by atoms with E-state index >= 15 is 0 Å². The van der Waals surface area contributed by atoms with Crippen molar-refractivity contribution in [1.82, 2.24) is 14.5 Å². The Labute approximate surface area is 154 Å². The summed E-state index contributed by atoms with van der Waals surface area (Å²) in [7, 11) is 2.07. The van der Waals surface area contributed by atoms with Crippen molar-refractivity contribution in [1.29, 1.82) is 0 Å². The third-order valence-corrected chi connectivity index (χ3v) is 5.48. The number of carbonyl (C=O) groups excluding carboxylic acids is 1. The van der Waals surface area contributed by atoms with Crippen molar-refractivity contribution in [2.75, 3.05) is 6.54 Å². The SMILES string of the molecule is Cn1cc(CCC(=O)N2CCCC[C@H]2c2cccnc2)c2ccccc21. The van der Waals surface area contributed by atoms with Crippen LogP contribution in [0.1, 0.15) is 42.9 Å². The molecule has 1 aromatic carbocycles. The number of hydrogen-bond donors (Lipinski definition) is 0. The van der Waals surface area contributed by atoms with Crippen LogP contribution in [-0.4, -0.2) is 26.9 Å². The zero-order chi connectivity index (χ0) is 17.9. The molecule has 1 aliphatic heterocycles. The number of carbonyl (C=O) groups is 1. The van der Waals surface area contributed by atoms with E-state index in [0.29, 0.717) is 6.42 Å². The topological polar surface area (TPSA) is 38.1 Å². The number of pyridine rings is 1. The van der Waals surface area contributed by atoms with Gasteiger partial charge in [0, 0.05) is 49.5 Å². The molecule has 2 aromatic heterocycles. The quantitative estimate of drug-likeness (QED) is 0.707. The second kappa shape index (κ2) is 7.32. The lowest BCUT2D eigenvalue weighted by atomic mass is 9.95. The summed E-state index contributed by atoms with van der Waals surface area (Å²) in [5, 5.41) is 1.25. The fraction of sp³-hybridized carbons (Fsp3) is 0.364. The number of aromatic nitrogens is 2. The second-order valence-electron chi connectivity index (χ2n) is 7.17. The number of rotatable bonds is 4. The van der Waals surface area contributed by atoms with E-state index in [1.165, 1.54) is 22.9 Å². The maximum Gasteiger partial charge on any atom is 0.223 e. The first-order valence-corrected chi connectivity index (χ1v) is 9.46. The molecule has 0 N–H and O–H groups in total. The summed E-state index contributed by atoms with van der Waals surface area (Å²) in [4.78, 5) is 19.3. The van der Waals surface area contributed by atoms with Crippen molar-refractivity contribution in [3.05, 3.63) is 66.1 Å². The van der Waals surface area contributed by atoms with Crippen LogP contribution in [0.2, 0.25) is 0 Å². The number of benzene rings is 1. The van der Waals surface area contributed by atoms with Crippen LogP contribution in [0.25, 0.3) is 10.9 Å². The molecule has 3 aromatic rings. The Hall–Kier alpha value is -2.62. The number of para-hydroxylation sites is 1. The van der Waals surface area contributed by atoms with Gasteiger partial charge in [-0.2, -0.15) is 0 Å². The molecule has 0 saturated carbocycles. The van der Waals surface area contributed by atoms with Gasteiger partial charge in [0.1, 0.15) is 0 Å². The minimum Gasteiger partial charge on any atom is -0.350 e. The van der Waals surface area contributed by atoms with E-state index in [4.69, 9.17) is 0 Å². The number of nitrogens with zero attached hydrogens (tertiary/aromatic N) is 3. The highest BCUT2D eigenvalue weighted by Crippen LogP contribution is 2.31. The summed E-state index contributed by atoms with van der Waals surface area (Å²) in [6, 6.07) is 12.6. The standard InChI is InChI=1S/C22H25N3O/c1-24-16-18(19-8-2-3-10-21(19)24)11-12-22(26)25-14-5-4-9-20(25)17-7-6-13-23-15-17/h2-3,6-8,10,13,15-16,20H,4-5,9,11-12,14H2,1H3/t20-/m0/s1. The molecule has 1 amide bonds. The Morgan fingerprint density at radius 3 is 2.92 bits per heavy atom. The molecule has 1 atom stereocenters. The van der Waals surface area contributed by atoms with Crippen molar-refractivity contribution < 1.29 is 4.79 Å². The molecule has 0 radical (unpaired) electrons. The predicted molar refractivity (Wildman–Crippen MR) is 104 cm³/mol. The summed E-state index contributed by atoms with van der Waals surface area (Å²) in [5.41, 5.74) is 3.64. The van der Waals surface area contributed by atoms with E-state index in [1.54, 1.807) is 6.20 Å². The first-order valence-electron chi connectivity index (χ1n) is 9.46. The van der Waals surface area contributed by atoms with Crippen molar-refractivity contribution in [2.45, 2.75) is 38.1 Å². The Morgan fingerprint density at radius 1 is 1.19 bits per heavy atom. The van der Waals surface area contributed by atoms with Crippen LogP contribution in [0.5, 0.6) is 0 Å². The normalized spacial score (nSPS) is 17.6. The van der Waals surface area contributed by atoms with E-state index in [1.807, 2.05) is 12.3 Å². The van der Waals surface area contributed by atoms with Crippen LogP contribution in [0.4, 0.5) is 0 Å². The number of hydrogen-bond acceptors (Lipinski definition) is 2. The van der Waals surface area contributed by atoms with Crippen LogP contribution >= 0.6 is 0 Å². The van der Waals surface area contributed by atoms with Gasteiger partial charge in [-0.3, -0.25) is 9.78 Å². The first kappa shape index (κ1) is 16.8. The van der Waals surface area contributed by atoms with E-state index in [-0.39, 0.29) is 11.9 Å². The number of likely N-dealkylation sites (tertiary alicyclic amines) is 1. The van der Waals surface area contributed by atoms with E-state index in [9.17, 15) is 4.79 Å². The molecule has 4 rings (SSSR count). The average Bonchev–Trinajstić information content (AvgIpc) is 3.03. The molecule has 1 fully saturated rings. The van der Waals surface area contributed by atoms with Crippen molar-refractivity contribution in [3.8, 4) is 0 Å². The van der Waals surface area contributed by atoms with Gasteiger partial charge in [0.05, 0.1) is 6.04 Å². The maximum absolute atomic E-state index is 13.0. The predicted octanol–water partition coefficient (Wildman–Crippen LogP) is 4.26. The van der Waals surface area contributed by atoms with Crippen molar-refractivity contribution in [2.24, 2.45) is 7.05 Å². The molecule has 0 aliphatic carbocycles. The van der Waals surface area contributed by atoms with Gasteiger partial charge in [0.2, 0.25) is 5.91 Å². The fourth-order valence-electron chi connectivity index (χ4n) is 4.16. The van der Waals surface area contributed by atoms with Gasteiger partial charge in [0.25, 0.3) is 0 Å². The molecule has 134 valence electrons. The Kier molecular flexibility index (Phi) is 4.74. The third kappa shape index (κ3) is 3.24. The fourth-order valence-corrected chi connectivity index (χ4v) is 4.16. The molecule has 1 aliphatic rings. The molecule has 1 saturated heterocycles. The number of fused-ring (bicyclic) bond motifs is 1. The highest BCUT2D eigenvalue weighted by atomic mass is 16.2. The van der Waals surface area contributed by atoms with E-state index in [2.05, 4.69) is 58.0 Å². The van der Waals surface area contributed by atoms with Gasteiger partial charge in [-0.05, 0) is 48.9 Å². The maximum atomic E-state index is 13.0. The van der Waals surface area contributed by atoms with Gasteiger partial charge in [-0.1, -0.05) is 24.3 Å². The third-order valence-electron chi connectivity index (χ3n) is 5.48. The molecular weight excluding hydrogens is 322 g/mol. The van der Waals surface area contributed by atoms with Crippen LogP contribution < -0.4 is 0 Å². The van der Waals surface area contributed by atoms with Crippen LogP contribution in [0.15, 0.2) is 55.0 Å². The molecule has 4 heteroatoms. The number of piperidine rings is 1. The zero-order valence-electron chi connectivity index (χ0n) is 15.3. The Balaban J connectivity index is 1.49. The van der Waals surface area contributed by atoms with Gasteiger partial charge < -0.3 is 9.47 Å². The Morgan fingerprint density at radius 2 is 2.08 bits per heavy atom. The summed E-state index contributed by atoms with van der Waals surface area (Å²) in [5.74, 6) is 0.256. The summed E-state index contributed by atoms with van der Waals surface area (Å²) >= 11 is 0. The van der Waals surface area contributed by atoms with Gasteiger partial charge in [0.15, 0.2) is 0 Å². The molecule has 0 unspecified atom stereocenters. The lowest BCUT2D eigenvalue weighted by molar-refractivity contribution is -0.135. The van der Waals surface area contributed by atoms with Crippen LogP contribution in [-0.2, 0) is 18.3 Å². The average molecular weight is 347 g/mol. The lowest BCUT2D eigenvalue weighted by Gasteiger charge is -2.36. The van der Waals surface area contributed by atoms with Crippen molar-refractivity contribution >= 4 is 16.8 Å². The monoisotopic (exact) mass is 347 g/mol. The van der Waals surface area contributed by atoms with Gasteiger partial charge in [-0.25, -0.2) is 0 Å². The largest absolute Gasteiger partial charge is 0.350 e. The van der Waals surface area contributed by atoms with E-state index in [0.717, 1.165) is 31.4 Å². The molecule has 4 nitrogen and oxygen atoms in total. The van der Waals surface area contributed by atoms with Gasteiger partial charge in [-0.15, -0.1) is 0 Å². The second-order valence-corrected chi connectivity index (χ2v) is 7.17. The van der Waals surface area contributed by atoms with Gasteiger partial charge >= 0.3 is 0 Å². The first-order chi connectivity index (χ1) is 12.7. The molecular formula is C22H25N3O. The molecule has 3 heterocycles. The number of aryl methyl sites for hydroxylation is 2. The highest BCUT2D eigenvalue weighted by molar-refractivity contribution is 5.85. The Bertz CT molecular complexity index is 900. The summed E-state index contributed by atoms with van der Waals surface area (Å²) in [6.45, 7) is 0.855. The molecule has 26 heavy (non-hydrogen) atoms. The summed E-state index contributed by atoms with van der Waals surface area (Å²) in [6.07, 6.45) is 10.5. The molecule has 0 spiro atoms. The smallest absolute Gasteiger partial charge is 0.223 e. The minimum absolute atomic E-state index is 0.178. The van der Waals surface area contributed by atoms with Crippen LogP contribution in [0, 0.1) is 0 Å². The number of amides is 1. The zero-order valence-corrected chi connectivity index (χ0v) is 15.3. The highest BCUT2D eigenvalue weighted by Gasteiger charge is 2.27.